The number of benzene rings is 1. The van der Waals surface area contributed by atoms with Crippen LogP contribution in [0.2, 0.25) is 0 Å². The van der Waals surface area contributed by atoms with Crippen LogP contribution in [0.15, 0.2) is 30.3 Å². The van der Waals surface area contributed by atoms with Crippen molar-refractivity contribution in [3.8, 4) is 0 Å². The van der Waals surface area contributed by atoms with E-state index in [4.69, 9.17) is 9.47 Å². The van der Waals surface area contributed by atoms with Crippen molar-refractivity contribution in [3.05, 3.63) is 35.9 Å². The molecule has 3 rings (SSSR count). The van der Waals surface area contributed by atoms with E-state index in [1.165, 1.54) is 5.56 Å². The second kappa shape index (κ2) is 6.27. The maximum atomic E-state index is 10.1. The van der Waals surface area contributed by atoms with Crippen molar-refractivity contribution < 1.29 is 19.0 Å². The zero-order chi connectivity index (χ0) is 13.0. The van der Waals surface area contributed by atoms with E-state index in [1.807, 2.05) is 18.2 Å². The fourth-order valence-corrected chi connectivity index (χ4v) is 2.59. The summed E-state index contributed by atoms with van der Waals surface area (Å²) in [7, 11) is 0.500. The highest BCUT2D eigenvalue weighted by molar-refractivity contribution is 5.16. The highest BCUT2D eigenvalue weighted by Gasteiger charge is 2.42. The van der Waals surface area contributed by atoms with Gasteiger partial charge in [0.2, 0.25) is 0 Å². The van der Waals surface area contributed by atoms with Crippen molar-refractivity contribution in [2.75, 3.05) is 13.8 Å². The van der Waals surface area contributed by atoms with Gasteiger partial charge in [-0.05, 0) is 24.3 Å². The van der Waals surface area contributed by atoms with Crippen LogP contribution in [0.4, 0.5) is 4.39 Å². The summed E-state index contributed by atoms with van der Waals surface area (Å²) >= 11 is 0. The molecular formula is C14H19FO3. The Morgan fingerprint density at radius 3 is 2.72 bits per heavy atom. The zero-order valence-corrected chi connectivity index (χ0v) is 10.5. The first-order valence-corrected chi connectivity index (χ1v) is 6.20. The lowest BCUT2D eigenvalue weighted by molar-refractivity contribution is -0.174. The van der Waals surface area contributed by atoms with E-state index >= 15 is 0 Å². The first-order valence-electron chi connectivity index (χ1n) is 6.20. The average molecular weight is 254 g/mol. The first-order chi connectivity index (χ1) is 8.83. The lowest BCUT2D eigenvalue weighted by Gasteiger charge is -2.31. The lowest BCUT2D eigenvalue weighted by atomic mass is 9.87. The Morgan fingerprint density at radius 1 is 1.28 bits per heavy atom. The van der Waals surface area contributed by atoms with Gasteiger partial charge >= 0.3 is 0 Å². The number of hydrogen-bond acceptors (Lipinski definition) is 3. The standard InChI is InChI=1S/C13H16O3.CH3F/c14-12-10(6-9-4-2-1-3-5-9)7-11-8-15-13(12)16-11;1-2/h1-5,10-14H,6-8H2;1H3/t10?,11-,12?,13+;/m0./s1. The highest BCUT2D eigenvalue weighted by Crippen LogP contribution is 2.33. The van der Waals surface area contributed by atoms with E-state index < -0.39 is 12.4 Å². The van der Waals surface area contributed by atoms with Gasteiger partial charge in [-0.25, -0.2) is 0 Å². The topological polar surface area (TPSA) is 38.7 Å². The average Bonchev–Trinajstić information content (AvgIpc) is 2.84. The van der Waals surface area contributed by atoms with Crippen LogP contribution in [0.1, 0.15) is 12.0 Å². The van der Waals surface area contributed by atoms with Crippen molar-refractivity contribution >= 4 is 0 Å². The Hall–Kier alpha value is -0.970. The molecule has 2 saturated heterocycles. The molecule has 2 fully saturated rings. The van der Waals surface area contributed by atoms with Crippen molar-refractivity contribution in [1.29, 1.82) is 0 Å². The second-order valence-corrected chi connectivity index (χ2v) is 4.64. The number of ether oxygens (including phenoxy) is 2. The molecule has 2 aliphatic heterocycles. The molecule has 0 aromatic heterocycles. The Kier molecular flexibility index (Phi) is 4.69. The molecule has 2 heterocycles. The third kappa shape index (κ3) is 2.88. The number of alkyl halides is 1. The molecule has 1 aromatic carbocycles. The van der Waals surface area contributed by atoms with Gasteiger partial charge in [-0.2, -0.15) is 0 Å². The van der Waals surface area contributed by atoms with Gasteiger partial charge in [0.25, 0.3) is 0 Å². The van der Waals surface area contributed by atoms with Crippen LogP contribution in [0, 0.1) is 5.92 Å². The van der Waals surface area contributed by atoms with E-state index in [-0.39, 0.29) is 12.0 Å². The molecule has 0 saturated carbocycles. The molecule has 2 unspecified atom stereocenters. The number of aliphatic hydroxyl groups excluding tert-OH is 1. The normalized spacial score (nSPS) is 33.7. The van der Waals surface area contributed by atoms with Crippen molar-refractivity contribution in [2.45, 2.75) is 31.3 Å². The minimum Gasteiger partial charge on any atom is -0.388 e. The summed E-state index contributed by atoms with van der Waals surface area (Å²) in [6.07, 6.45) is 1.10. The molecule has 0 aliphatic carbocycles. The lowest BCUT2D eigenvalue weighted by Crippen LogP contribution is -2.41. The fourth-order valence-electron chi connectivity index (χ4n) is 2.59. The van der Waals surface area contributed by atoms with Gasteiger partial charge in [-0.15, -0.1) is 0 Å². The van der Waals surface area contributed by atoms with E-state index in [0.29, 0.717) is 13.8 Å². The van der Waals surface area contributed by atoms with Crippen LogP contribution in [-0.4, -0.2) is 37.4 Å². The molecule has 4 heteroatoms. The van der Waals surface area contributed by atoms with Gasteiger partial charge in [0.15, 0.2) is 6.29 Å². The molecule has 0 radical (unpaired) electrons. The summed E-state index contributed by atoms with van der Waals surface area (Å²) in [6.45, 7) is 0.632. The minimum atomic E-state index is -0.487. The Balaban J connectivity index is 0.000000574. The summed E-state index contributed by atoms with van der Waals surface area (Å²) < 4.78 is 20.4. The third-order valence-corrected chi connectivity index (χ3v) is 3.44. The molecule has 3 nitrogen and oxygen atoms in total. The molecular weight excluding hydrogens is 235 g/mol. The largest absolute Gasteiger partial charge is 0.388 e. The summed E-state index contributed by atoms with van der Waals surface area (Å²) in [5.74, 6) is 0.258. The van der Waals surface area contributed by atoms with Gasteiger partial charge < -0.3 is 14.6 Å². The van der Waals surface area contributed by atoms with Gasteiger partial charge in [0.05, 0.1) is 19.9 Å². The second-order valence-electron chi connectivity index (χ2n) is 4.64. The van der Waals surface area contributed by atoms with Crippen LogP contribution >= 0.6 is 0 Å². The number of rotatable bonds is 2. The van der Waals surface area contributed by atoms with Crippen LogP contribution in [0.5, 0.6) is 0 Å². The third-order valence-electron chi connectivity index (χ3n) is 3.44. The molecule has 0 spiro atoms. The number of hydrogen-bond donors (Lipinski definition) is 1. The fraction of sp³-hybridized carbons (Fsp3) is 0.571. The van der Waals surface area contributed by atoms with Crippen LogP contribution in [0.3, 0.4) is 0 Å². The minimum absolute atomic E-state index is 0.183. The maximum absolute atomic E-state index is 10.1. The Labute approximate surface area is 107 Å². The van der Waals surface area contributed by atoms with E-state index in [9.17, 15) is 9.50 Å². The number of aliphatic hydroxyl groups is 1. The van der Waals surface area contributed by atoms with Crippen molar-refractivity contribution in [1.82, 2.24) is 0 Å². The SMILES string of the molecule is CF.OC1C(Cc2ccccc2)C[C@H]2CO[C@@H]1O2. The first kappa shape index (κ1) is 13.5. The monoisotopic (exact) mass is 254 g/mol. The molecule has 4 atom stereocenters. The molecule has 2 aliphatic rings. The quantitative estimate of drug-likeness (QED) is 0.876. The van der Waals surface area contributed by atoms with Crippen molar-refractivity contribution in [2.24, 2.45) is 5.92 Å². The molecule has 1 N–H and O–H groups in total. The molecule has 100 valence electrons. The number of halogens is 1. The van der Waals surface area contributed by atoms with Gasteiger partial charge in [0, 0.05) is 0 Å². The zero-order valence-electron chi connectivity index (χ0n) is 10.5. The maximum Gasteiger partial charge on any atom is 0.184 e. The molecule has 1 aromatic rings. The summed E-state index contributed by atoms with van der Waals surface area (Å²) in [4.78, 5) is 0. The van der Waals surface area contributed by atoms with E-state index in [2.05, 4.69) is 12.1 Å². The smallest absolute Gasteiger partial charge is 0.184 e. The van der Waals surface area contributed by atoms with E-state index in [0.717, 1.165) is 12.8 Å². The predicted molar refractivity (Wildman–Crippen MR) is 65.9 cm³/mol. The Morgan fingerprint density at radius 2 is 2.00 bits per heavy atom. The van der Waals surface area contributed by atoms with Crippen LogP contribution in [0.25, 0.3) is 0 Å². The van der Waals surface area contributed by atoms with Gasteiger partial charge in [-0.1, -0.05) is 30.3 Å². The van der Waals surface area contributed by atoms with Crippen LogP contribution < -0.4 is 0 Å². The summed E-state index contributed by atoms with van der Waals surface area (Å²) in [6, 6.07) is 10.3. The molecule has 0 amide bonds. The number of fused-ring (bicyclic) bond motifs is 2. The highest BCUT2D eigenvalue weighted by atomic mass is 19.1. The van der Waals surface area contributed by atoms with Gasteiger partial charge in [-0.3, -0.25) is 4.39 Å². The van der Waals surface area contributed by atoms with Crippen LogP contribution in [-0.2, 0) is 15.9 Å². The van der Waals surface area contributed by atoms with Gasteiger partial charge in [0.1, 0.15) is 6.10 Å². The molecule has 2 bridgehead atoms. The summed E-state index contributed by atoms with van der Waals surface area (Å²) in [5.41, 5.74) is 1.27. The van der Waals surface area contributed by atoms with Crippen molar-refractivity contribution in [3.63, 3.8) is 0 Å². The summed E-state index contributed by atoms with van der Waals surface area (Å²) in [5, 5.41) is 10.1. The predicted octanol–water partition coefficient (Wildman–Crippen LogP) is 1.94. The molecule has 18 heavy (non-hydrogen) atoms. The Bertz CT molecular complexity index is 357. The van der Waals surface area contributed by atoms with E-state index in [1.54, 1.807) is 0 Å².